The predicted octanol–water partition coefficient (Wildman–Crippen LogP) is 4.40. The third-order valence-corrected chi connectivity index (χ3v) is 5.65. The molecule has 0 saturated heterocycles. The van der Waals surface area contributed by atoms with E-state index >= 15 is 0 Å². The fraction of sp³-hybridized carbons (Fsp3) is 0.625. The van der Waals surface area contributed by atoms with Gasteiger partial charge in [0.15, 0.2) is 0 Å². The van der Waals surface area contributed by atoms with Crippen LogP contribution in [0, 0.1) is 0 Å². The lowest BCUT2D eigenvalue weighted by Crippen LogP contribution is -2.40. The van der Waals surface area contributed by atoms with Crippen LogP contribution in [0.25, 0.3) is 0 Å². The smallest absolute Gasteiger partial charge is 0.0292 e. The first-order valence-electron chi connectivity index (χ1n) is 7.09. The van der Waals surface area contributed by atoms with E-state index in [1.807, 2.05) is 0 Å². The average molecular weight is 263 g/mol. The molecule has 0 bridgehead atoms. The van der Waals surface area contributed by atoms with Crippen molar-refractivity contribution in [2.24, 2.45) is 0 Å². The third-order valence-electron chi connectivity index (χ3n) is 4.23. The first kappa shape index (κ1) is 14.0. The van der Waals surface area contributed by atoms with Crippen molar-refractivity contribution in [1.82, 2.24) is 5.32 Å². The van der Waals surface area contributed by atoms with Gasteiger partial charge in [0.25, 0.3) is 0 Å². The highest BCUT2D eigenvalue weighted by molar-refractivity contribution is 8.00. The van der Waals surface area contributed by atoms with Gasteiger partial charge in [0.2, 0.25) is 0 Å². The van der Waals surface area contributed by atoms with Crippen LogP contribution >= 0.6 is 11.8 Å². The summed E-state index contributed by atoms with van der Waals surface area (Å²) < 4.78 is 0.487. The summed E-state index contributed by atoms with van der Waals surface area (Å²) in [5.74, 6) is 0. The van der Waals surface area contributed by atoms with Crippen LogP contribution in [0.15, 0.2) is 30.3 Å². The lowest BCUT2D eigenvalue weighted by atomic mass is 9.88. The molecule has 0 spiro atoms. The molecule has 0 aliphatic heterocycles. The van der Waals surface area contributed by atoms with Crippen molar-refractivity contribution in [3.63, 3.8) is 0 Å². The number of hydrogen-bond acceptors (Lipinski definition) is 2. The Hall–Kier alpha value is -0.470. The minimum Gasteiger partial charge on any atom is -0.309 e. The molecule has 0 heterocycles. The largest absolute Gasteiger partial charge is 0.309 e. The standard InChI is InChI=1S/C16H25NS/c1-14(15-9-5-3-6-10-15)17-13-16(18-2)11-7-4-8-12-16/h3,5-6,9-10,14,17H,4,7-8,11-13H2,1-2H3. The topological polar surface area (TPSA) is 12.0 Å². The summed E-state index contributed by atoms with van der Waals surface area (Å²) in [5, 5.41) is 3.74. The molecule has 0 radical (unpaired) electrons. The maximum absolute atomic E-state index is 3.74. The zero-order chi connectivity index (χ0) is 12.8. The van der Waals surface area contributed by atoms with Crippen molar-refractivity contribution in [3.8, 4) is 0 Å². The maximum Gasteiger partial charge on any atom is 0.0292 e. The van der Waals surface area contributed by atoms with Crippen LogP contribution in [0.2, 0.25) is 0 Å². The van der Waals surface area contributed by atoms with Gasteiger partial charge < -0.3 is 5.32 Å². The fourth-order valence-corrected chi connectivity index (χ4v) is 3.77. The van der Waals surface area contributed by atoms with Crippen LogP contribution in [0.5, 0.6) is 0 Å². The van der Waals surface area contributed by atoms with Gasteiger partial charge in [-0.25, -0.2) is 0 Å². The second-order valence-corrected chi connectivity index (χ2v) is 6.74. The molecule has 1 nitrogen and oxygen atoms in total. The Morgan fingerprint density at radius 2 is 1.83 bits per heavy atom. The molecule has 1 aromatic carbocycles. The summed E-state index contributed by atoms with van der Waals surface area (Å²) in [6.45, 7) is 3.41. The van der Waals surface area contributed by atoms with Gasteiger partial charge in [-0.1, -0.05) is 49.6 Å². The first-order valence-corrected chi connectivity index (χ1v) is 8.32. The van der Waals surface area contributed by atoms with E-state index in [-0.39, 0.29) is 0 Å². The van der Waals surface area contributed by atoms with Crippen molar-refractivity contribution >= 4 is 11.8 Å². The van der Waals surface area contributed by atoms with E-state index in [4.69, 9.17) is 0 Å². The van der Waals surface area contributed by atoms with E-state index < -0.39 is 0 Å². The summed E-state index contributed by atoms with van der Waals surface area (Å²) in [5.41, 5.74) is 1.39. The van der Waals surface area contributed by atoms with Crippen molar-refractivity contribution < 1.29 is 0 Å². The van der Waals surface area contributed by atoms with Crippen molar-refractivity contribution in [2.45, 2.75) is 49.8 Å². The second kappa shape index (κ2) is 6.63. The van der Waals surface area contributed by atoms with E-state index in [0.29, 0.717) is 10.8 Å². The van der Waals surface area contributed by atoms with Gasteiger partial charge in [-0.2, -0.15) is 11.8 Å². The minimum atomic E-state index is 0.456. The number of nitrogens with one attached hydrogen (secondary N) is 1. The normalized spacial score (nSPS) is 20.6. The molecule has 18 heavy (non-hydrogen) atoms. The van der Waals surface area contributed by atoms with E-state index in [9.17, 15) is 0 Å². The number of rotatable bonds is 5. The lowest BCUT2D eigenvalue weighted by Gasteiger charge is -2.37. The Kier molecular flexibility index (Phi) is 5.13. The molecule has 1 N–H and O–H groups in total. The molecule has 0 amide bonds. The van der Waals surface area contributed by atoms with Crippen molar-refractivity contribution in [2.75, 3.05) is 12.8 Å². The number of thioether (sulfide) groups is 1. The molecular formula is C16H25NS. The highest BCUT2D eigenvalue weighted by Gasteiger charge is 2.31. The highest BCUT2D eigenvalue weighted by Crippen LogP contribution is 2.38. The minimum absolute atomic E-state index is 0.456. The molecule has 2 heteroatoms. The molecule has 2 rings (SSSR count). The fourth-order valence-electron chi connectivity index (χ4n) is 2.85. The molecule has 1 aliphatic carbocycles. The van der Waals surface area contributed by atoms with Gasteiger partial charge in [-0.3, -0.25) is 0 Å². The Morgan fingerprint density at radius 1 is 1.17 bits per heavy atom. The van der Waals surface area contributed by atoms with Gasteiger partial charge >= 0.3 is 0 Å². The van der Waals surface area contributed by atoms with E-state index in [1.165, 1.54) is 37.7 Å². The molecular weight excluding hydrogens is 238 g/mol. The number of hydrogen-bond donors (Lipinski definition) is 1. The summed E-state index contributed by atoms with van der Waals surface area (Å²) in [4.78, 5) is 0. The summed E-state index contributed by atoms with van der Waals surface area (Å²) in [6.07, 6.45) is 9.27. The molecule has 1 aromatic rings. The van der Waals surface area contributed by atoms with Crippen LogP contribution in [-0.4, -0.2) is 17.5 Å². The Morgan fingerprint density at radius 3 is 2.44 bits per heavy atom. The average Bonchev–Trinajstić information content (AvgIpc) is 2.47. The molecule has 100 valence electrons. The summed E-state index contributed by atoms with van der Waals surface area (Å²) >= 11 is 2.07. The van der Waals surface area contributed by atoms with Gasteiger partial charge in [0.1, 0.15) is 0 Å². The maximum atomic E-state index is 3.74. The Bertz CT molecular complexity index is 343. The van der Waals surface area contributed by atoms with Crippen LogP contribution in [0.1, 0.15) is 50.6 Å². The number of benzene rings is 1. The van der Waals surface area contributed by atoms with Gasteiger partial charge in [-0.05, 0) is 31.6 Å². The van der Waals surface area contributed by atoms with Crippen LogP contribution in [0.3, 0.4) is 0 Å². The monoisotopic (exact) mass is 263 g/mol. The van der Waals surface area contributed by atoms with Crippen LogP contribution in [0.4, 0.5) is 0 Å². The second-order valence-electron chi connectivity index (χ2n) is 5.46. The zero-order valence-corrected chi connectivity index (χ0v) is 12.4. The van der Waals surface area contributed by atoms with E-state index in [0.717, 1.165) is 6.54 Å². The zero-order valence-electron chi connectivity index (χ0n) is 11.6. The quantitative estimate of drug-likeness (QED) is 0.845. The summed E-state index contributed by atoms with van der Waals surface area (Å²) in [7, 11) is 0. The lowest BCUT2D eigenvalue weighted by molar-refractivity contribution is 0.367. The van der Waals surface area contributed by atoms with Crippen molar-refractivity contribution in [1.29, 1.82) is 0 Å². The Balaban J connectivity index is 1.90. The van der Waals surface area contributed by atoms with Crippen molar-refractivity contribution in [3.05, 3.63) is 35.9 Å². The third kappa shape index (κ3) is 3.52. The highest BCUT2D eigenvalue weighted by atomic mass is 32.2. The predicted molar refractivity (Wildman–Crippen MR) is 82.2 cm³/mol. The molecule has 1 aliphatic rings. The van der Waals surface area contributed by atoms with Gasteiger partial charge in [-0.15, -0.1) is 0 Å². The first-order chi connectivity index (χ1) is 8.76. The van der Waals surface area contributed by atoms with E-state index in [2.05, 4.69) is 60.6 Å². The van der Waals surface area contributed by atoms with Crippen LogP contribution < -0.4 is 5.32 Å². The molecule has 1 fully saturated rings. The summed E-state index contributed by atoms with van der Waals surface area (Å²) in [6, 6.07) is 11.2. The van der Waals surface area contributed by atoms with Gasteiger partial charge in [0.05, 0.1) is 0 Å². The van der Waals surface area contributed by atoms with Crippen LogP contribution in [-0.2, 0) is 0 Å². The van der Waals surface area contributed by atoms with Gasteiger partial charge in [0, 0.05) is 17.3 Å². The Labute approximate surface area is 116 Å². The van der Waals surface area contributed by atoms with E-state index in [1.54, 1.807) is 0 Å². The molecule has 1 saturated carbocycles. The molecule has 0 aromatic heterocycles. The SMILES string of the molecule is CSC1(CNC(C)c2ccccc2)CCCCC1. The molecule has 1 unspecified atom stereocenters. The molecule has 1 atom stereocenters.